The van der Waals surface area contributed by atoms with E-state index in [-0.39, 0.29) is 23.8 Å². The van der Waals surface area contributed by atoms with Gasteiger partial charge in [-0.15, -0.1) is 0 Å². The number of pyridine rings is 1. The molecule has 1 aliphatic rings. The van der Waals surface area contributed by atoms with Crippen LogP contribution in [0.3, 0.4) is 0 Å². The second-order valence-corrected chi connectivity index (χ2v) is 6.46. The summed E-state index contributed by atoms with van der Waals surface area (Å²) in [6.45, 7) is 0.122. The molecule has 0 saturated heterocycles. The predicted octanol–water partition coefficient (Wildman–Crippen LogP) is 1.05. The normalized spacial score (nSPS) is 13.8. The Morgan fingerprint density at radius 1 is 1.24 bits per heavy atom. The first-order chi connectivity index (χ1) is 10.0. The SMILES string of the molecule is O=C1Cc2cc(S(=O)(=O)NCc3ccccn3)ccc2N1. The summed E-state index contributed by atoms with van der Waals surface area (Å²) in [5.74, 6) is -0.124. The van der Waals surface area contributed by atoms with Crippen LogP contribution in [0.15, 0.2) is 47.5 Å². The van der Waals surface area contributed by atoms with Gasteiger partial charge in [0.05, 0.1) is 23.6 Å². The van der Waals surface area contributed by atoms with Crippen molar-refractivity contribution in [2.24, 2.45) is 0 Å². The van der Waals surface area contributed by atoms with Crippen LogP contribution in [0.4, 0.5) is 5.69 Å². The monoisotopic (exact) mass is 303 g/mol. The molecule has 1 amide bonds. The number of hydrogen-bond donors (Lipinski definition) is 2. The number of anilines is 1. The number of hydrogen-bond acceptors (Lipinski definition) is 4. The molecule has 2 aromatic rings. The average Bonchev–Trinajstić information content (AvgIpc) is 2.85. The lowest BCUT2D eigenvalue weighted by Gasteiger charge is -2.07. The molecule has 108 valence electrons. The summed E-state index contributed by atoms with van der Waals surface area (Å²) in [7, 11) is -3.63. The second kappa shape index (κ2) is 5.27. The van der Waals surface area contributed by atoms with Crippen molar-refractivity contribution in [3.05, 3.63) is 53.9 Å². The zero-order chi connectivity index (χ0) is 14.9. The summed E-state index contributed by atoms with van der Waals surface area (Å²) in [5, 5.41) is 2.67. The van der Waals surface area contributed by atoms with Crippen molar-refractivity contribution in [2.75, 3.05) is 5.32 Å². The van der Waals surface area contributed by atoms with Gasteiger partial charge in [0.2, 0.25) is 15.9 Å². The molecule has 0 fully saturated rings. The maximum absolute atomic E-state index is 12.2. The van der Waals surface area contributed by atoms with E-state index in [2.05, 4.69) is 15.0 Å². The molecular formula is C14H13N3O3S. The number of sulfonamides is 1. The van der Waals surface area contributed by atoms with Gasteiger partial charge in [0, 0.05) is 11.9 Å². The molecule has 1 aromatic carbocycles. The zero-order valence-electron chi connectivity index (χ0n) is 11.0. The van der Waals surface area contributed by atoms with Crippen molar-refractivity contribution in [1.82, 2.24) is 9.71 Å². The van der Waals surface area contributed by atoms with Crippen molar-refractivity contribution >= 4 is 21.6 Å². The summed E-state index contributed by atoms with van der Waals surface area (Å²) in [4.78, 5) is 15.5. The van der Waals surface area contributed by atoms with E-state index < -0.39 is 10.0 Å². The lowest BCUT2D eigenvalue weighted by molar-refractivity contribution is -0.115. The fourth-order valence-corrected chi connectivity index (χ4v) is 3.18. The minimum absolute atomic E-state index is 0.122. The first kappa shape index (κ1) is 13.7. The van der Waals surface area contributed by atoms with E-state index >= 15 is 0 Å². The highest BCUT2D eigenvalue weighted by molar-refractivity contribution is 7.89. The molecule has 7 heteroatoms. The van der Waals surface area contributed by atoms with Crippen LogP contribution in [0.1, 0.15) is 11.3 Å². The molecule has 2 heterocycles. The Morgan fingerprint density at radius 2 is 2.10 bits per heavy atom. The summed E-state index contributed by atoms with van der Waals surface area (Å²) >= 11 is 0. The van der Waals surface area contributed by atoms with Gasteiger partial charge in [0.1, 0.15) is 0 Å². The molecular weight excluding hydrogens is 290 g/mol. The first-order valence-corrected chi connectivity index (χ1v) is 7.85. The van der Waals surface area contributed by atoms with Gasteiger partial charge in [-0.1, -0.05) is 6.07 Å². The summed E-state index contributed by atoms with van der Waals surface area (Å²) in [6.07, 6.45) is 1.81. The van der Waals surface area contributed by atoms with Crippen LogP contribution in [0.25, 0.3) is 0 Å². The fraction of sp³-hybridized carbons (Fsp3) is 0.143. The molecule has 0 aliphatic carbocycles. The molecule has 0 bridgehead atoms. The third-order valence-electron chi connectivity index (χ3n) is 3.18. The number of fused-ring (bicyclic) bond motifs is 1. The maximum Gasteiger partial charge on any atom is 0.240 e. The van der Waals surface area contributed by atoms with Gasteiger partial charge in [-0.2, -0.15) is 0 Å². The number of rotatable bonds is 4. The van der Waals surface area contributed by atoms with Crippen molar-refractivity contribution in [1.29, 1.82) is 0 Å². The zero-order valence-corrected chi connectivity index (χ0v) is 11.9. The average molecular weight is 303 g/mol. The van der Waals surface area contributed by atoms with E-state index in [1.807, 2.05) is 0 Å². The maximum atomic E-state index is 12.2. The van der Waals surface area contributed by atoms with Gasteiger partial charge < -0.3 is 5.32 Å². The van der Waals surface area contributed by atoms with E-state index in [4.69, 9.17) is 0 Å². The largest absolute Gasteiger partial charge is 0.326 e. The summed E-state index contributed by atoms with van der Waals surface area (Å²) < 4.78 is 27.0. The molecule has 21 heavy (non-hydrogen) atoms. The Bertz CT molecular complexity index is 788. The molecule has 0 radical (unpaired) electrons. The van der Waals surface area contributed by atoms with Crippen LogP contribution in [-0.2, 0) is 27.8 Å². The van der Waals surface area contributed by atoms with Crippen molar-refractivity contribution in [3.63, 3.8) is 0 Å². The Labute approximate surface area is 122 Å². The highest BCUT2D eigenvalue weighted by Crippen LogP contribution is 2.25. The molecule has 6 nitrogen and oxygen atoms in total. The molecule has 0 saturated carbocycles. The van der Waals surface area contributed by atoms with Gasteiger partial charge in [0.15, 0.2) is 0 Å². The lowest BCUT2D eigenvalue weighted by atomic mass is 10.2. The molecule has 2 N–H and O–H groups in total. The lowest BCUT2D eigenvalue weighted by Crippen LogP contribution is -2.23. The van der Waals surface area contributed by atoms with E-state index in [9.17, 15) is 13.2 Å². The Hall–Kier alpha value is -2.25. The molecule has 3 rings (SSSR count). The number of aromatic nitrogens is 1. The van der Waals surface area contributed by atoms with Gasteiger partial charge in [-0.05, 0) is 35.9 Å². The van der Waals surface area contributed by atoms with Crippen LogP contribution >= 0.6 is 0 Å². The highest BCUT2D eigenvalue weighted by Gasteiger charge is 2.21. The van der Waals surface area contributed by atoms with Crippen molar-refractivity contribution in [3.8, 4) is 0 Å². The number of nitrogens with zero attached hydrogens (tertiary/aromatic N) is 1. The van der Waals surface area contributed by atoms with Gasteiger partial charge in [-0.3, -0.25) is 9.78 Å². The standard InChI is InChI=1S/C14H13N3O3S/c18-14-8-10-7-12(4-5-13(10)17-14)21(19,20)16-9-11-3-1-2-6-15-11/h1-7,16H,8-9H2,(H,17,18). The number of carbonyl (C=O) groups is 1. The smallest absolute Gasteiger partial charge is 0.240 e. The third kappa shape index (κ3) is 2.93. The third-order valence-corrected chi connectivity index (χ3v) is 4.58. The highest BCUT2D eigenvalue weighted by atomic mass is 32.2. The second-order valence-electron chi connectivity index (χ2n) is 4.69. The Kier molecular flexibility index (Phi) is 3.44. The minimum atomic E-state index is -3.63. The number of benzene rings is 1. The first-order valence-electron chi connectivity index (χ1n) is 6.37. The number of amides is 1. The van der Waals surface area contributed by atoms with E-state index in [0.717, 1.165) is 0 Å². The van der Waals surface area contributed by atoms with Crippen LogP contribution in [-0.4, -0.2) is 19.3 Å². The van der Waals surface area contributed by atoms with E-state index in [1.54, 1.807) is 30.5 Å². The number of nitrogens with one attached hydrogen (secondary N) is 2. The van der Waals surface area contributed by atoms with Crippen molar-refractivity contribution in [2.45, 2.75) is 17.9 Å². The van der Waals surface area contributed by atoms with Crippen LogP contribution in [0.5, 0.6) is 0 Å². The van der Waals surface area contributed by atoms with Crippen LogP contribution in [0.2, 0.25) is 0 Å². The Morgan fingerprint density at radius 3 is 2.86 bits per heavy atom. The van der Waals surface area contributed by atoms with Crippen LogP contribution in [0, 0.1) is 0 Å². The van der Waals surface area contributed by atoms with Gasteiger partial charge in [0.25, 0.3) is 0 Å². The number of carbonyl (C=O) groups excluding carboxylic acids is 1. The van der Waals surface area contributed by atoms with E-state index in [1.165, 1.54) is 12.1 Å². The van der Waals surface area contributed by atoms with Crippen LogP contribution < -0.4 is 10.0 Å². The molecule has 0 spiro atoms. The topological polar surface area (TPSA) is 88.2 Å². The fourth-order valence-electron chi connectivity index (χ4n) is 2.13. The predicted molar refractivity (Wildman–Crippen MR) is 77.0 cm³/mol. The molecule has 0 unspecified atom stereocenters. The summed E-state index contributed by atoms with van der Waals surface area (Å²) in [5.41, 5.74) is 2.00. The van der Waals surface area contributed by atoms with E-state index in [0.29, 0.717) is 16.9 Å². The molecule has 0 atom stereocenters. The van der Waals surface area contributed by atoms with Gasteiger partial charge in [-0.25, -0.2) is 13.1 Å². The van der Waals surface area contributed by atoms with Gasteiger partial charge >= 0.3 is 0 Å². The molecule has 1 aromatic heterocycles. The quantitative estimate of drug-likeness (QED) is 0.884. The minimum Gasteiger partial charge on any atom is -0.326 e. The Balaban J connectivity index is 1.79. The molecule has 1 aliphatic heterocycles. The van der Waals surface area contributed by atoms with Crippen molar-refractivity contribution < 1.29 is 13.2 Å². The summed E-state index contributed by atoms with van der Waals surface area (Å²) in [6, 6.07) is 9.91.